The van der Waals surface area contributed by atoms with E-state index in [0.29, 0.717) is 6.42 Å². The number of anilines is 1. The van der Waals surface area contributed by atoms with E-state index in [1.54, 1.807) is 6.08 Å². The predicted octanol–water partition coefficient (Wildman–Crippen LogP) is 8.11. The second-order valence-electron chi connectivity index (χ2n) is 8.94. The Labute approximate surface area is 215 Å². The highest BCUT2D eigenvalue weighted by molar-refractivity contribution is 6.01. The van der Waals surface area contributed by atoms with E-state index in [4.69, 9.17) is 15.7 Å². The zero-order valence-electron chi connectivity index (χ0n) is 21.8. The number of aliphatic imine (C=N–C) groups is 2. The molecule has 2 aromatic carbocycles. The van der Waals surface area contributed by atoms with Crippen molar-refractivity contribution < 1.29 is 0 Å². The molecule has 3 N–H and O–H groups in total. The molecule has 4 nitrogen and oxygen atoms in total. The topological polar surface area (TPSA) is 62.8 Å². The molecular formula is C32H36N4. The number of hydrogen-bond acceptors (Lipinski definition) is 4. The van der Waals surface area contributed by atoms with E-state index in [0.717, 1.165) is 57.3 Å². The molecule has 2 aromatic rings. The molecule has 0 aromatic heterocycles. The summed E-state index contributed by atoms with van der Waals surface area (Å²) in [6, 6.07) is 10.6. The van der Waals surface area contributed by atoms with Gasteiger partial charge >= 0.3 is 0 Å². The molecule has 0 fully saturated rings. The molecule has 0 radical (unpaired) electrons. The van der Waals surface area contributed by atoms with Crippen LogP contribution in [0.2, 0.25) is 0 Å². The van der Waals surface area contributed by atoms with Crippen LogP contribution in [-0.2, 0) is 6.42 Å². The Morgan fingerprint density at radius 3 is 2.58 bits per heavy atom. The fourth-order valence-electron chi connectivity index (χ4n) is 4.01. The first-order valence-electron chi connectivity index (χ1n) is 12.2. The van der Waals surface area contributed by atoms with Gasteiger partial charge in [0.15, 0.2) is 0 Å². The minimum atomic E-state index is 0.701. The average molecular weight is 477 g/mol. The van der Waals surface area contributed by atoms with Gasteiger partial charge in [0.05, 0.1) is 17.1 Å². The molecule has 0 heterocycles. The highest BCUT2D eigenvalue weighted by Gasteiger charge is 2.11. The van der Waals surface area contributed by atoms with Gasteiger partial charge in [-0.05, 0) is 92.8 Å². The lowest BCUT2D eigenvalue weighted by atomic mass is 10.0. The molecule has 36 heavy (non-hydrogen) atoms. The summed E-state index contributed by atoms with van der Waals surface area (Å²) in [5.41, 5.74) is 16.9. The minimum Gasteiger partial charge on any atom is -0.399 e. The van der Waals surface area contributed by atoms with Crippen LogP contribution in [-0.4, -0.2) is 11.9 Å². The minimum absolute atomic E-state index is 0.701. The van der Waals surface area contributed by atoms with E-state index >= 15 is 0 Å². The molecule has 0 saturated heterocycles. The number of rotatable bonds is 9. The third-order valence-electron chi connectivity index (χ3n) is 5.76. The number of aryl methyl sites for hydroxylation is 2. The molecule has 3 rings (SSSR count). The predicted molar refractivity (Wildman–Crippen MR) is 158 cm³/mol. The zero-order chi connectivity index (χ0) is 26.1. The standard InChI is InChI=1S/C32H36N4/c1-7-10-25-15-22(4)16-26(19-25)21-34-30-20-32(35-27(11-8-2)12-9-3)31(18-24(30)6)36-28-13-14-29(33)23(5)17-28/h7-9,11-12,14-21,35H,1-2,10,13,33H2,3-6H3/b12-9-,27-11+,34-21?,36-28?. The van der Waals surface area contributed by atoms with Gasteiger partial charge in [-0.2, -0.15) is 0 Å². The summed E-state index contributed by atoms with van der Waals surface area (Å²) in [4.78, 5) is 9.83. The molecule has 0 amide bonds. The molecule has 0 bridgehead atoms. The van der Waals surface area contributed by atoms with Gasteiger partial charge in [0.2, 0.25) is 0 Å². The molecule has 0 spiro atoms. The number of nitrogens with zero attached hydrogens (tertiary/aromatic N) is 2. The van der Waals surface area contributed by atoms with Gasteiger partial charge < -0.3 is 11.1 Å². The van der Waals surface area contributed by atoms with Crippen molar-refractivity contribution in [1.82, 2.24) is 0 Å². The summed E-state index contributed by atoms with van der Waals surface area (Å²) >= 11 is 0. The van der Waals surface area contributed by atoms with E-state index in [-0.39, 0.29) is 0 Å². The Morgan fingerprint density at radius 1 is 1.08 bits per heavy atom. The maximum Gasteiger partial charge on any atom is 0.0872 e. The Balaban J connectivity index is 2.06. The summed E-state index contributed by atoms with van der Waals surface area (Å²) in [6.07, 6.45) is 17.1. The number of nitrogens with two attached hydrogens (primary N) is 1. The lowest BCUT2D eigenvalue weighted by Gasteiger charge is -2.15. The molecular weight excluding hydrogens is 440 g/mol. The maximum absolute atomic E-state index is 6.04. The third-order valence-corrected chi connectivity index (χ3v) is 5.76. The largest absolute Gasteiger partial charge is 0.399 e. The van der Waals surface area contributed by atoms with Crippen molar-refractivity contribution in [2.45, 2.75) is 40.5 Å². The smallest absolute Gasteiger partial charge is 0.0872 e. The van der Waals surface area contributed by atoms with Crippen LogP contribution < -0.4 is 11.1 Å². The number of allylic oxidation sites excluding steroid dienone is 8. The normalized spacial score (nSPS) is 15.3. The van der Waals surface area contributed by atoms with E-state index in [1.807, 2.05) is 56.5 Å². The Bertz CT molecular complexity index is 1330. The van der Waals surface area contributed by atoms with Gasteiger partial charge in [0.25, 0.3) is 0 Å². The highest BCUT2D eigenvalue weighted by atomic mass is 14.9. The van der Waals surface area contributed by atoms with Crippen LogP contribution in [0.5, 0.6) is 0 Å². The van der Waals surface area contributed by atoms with Crippen molar-refractivity contribution in [2.24, 2.45) is 15.7 Å². The first-order chi connectivity index (χ1) is 17.3. The van der Waals surface area contributed by atoms with Crippen molar-refractivity contribution in [3.05, 3.63) is 125 Å². The summed E-state index contributed by atoms with van der Waals surface area (Å²) in [5, 5.41) is 3.51. The fourth-order valence-corrected chi connectivity index (χ4v) is 4.01. The number of hydrogen-bond donors (Lipinski definition) is 2. The molecule has 4 heteroatoms. The molecule has 0 unspecified atom stereocenters. The van der Waals surface area contributed by atoms with Crippen LogP contribution >= 0.6 is 0 Å². The first-order valence-corrected chi connectivity index (χ1v) is 12.2. The van der Waals surface area contributed by atoms with Gasteiger partial charge in [-0.25, -0.2) is 0 Å². The Hall–Kier alpha value is -4.18. The lowest BCUT2D eigenvalue weighted by molar-refractivity contribution is 1.21. The van der Waals surface area contributed by atoms with Crippen molar-refractivity contribution in [1.29, 1.82) is 0 Å². The zero-order valence-corrected chi connectivity index (χ0v) is 21.8. The Kier molecular flexibility index (Phi) is 9.18. The van der Waals surface area contributed by atoms with Gasteiger partial charge in [-0.1, -0.05) is 48.6 Å². The fraction of sp³-hybridized carbons (Fsp3) is 0.188. The lowest BCUT2D eigenvalue weighted by Crippen LogP contribution is -2.08. The van der Waals surface area contributed by atoms with Crippen molar-refractivity contribution in [2.75, 3.05) is 5.32 Å². The molecule has 0 atom stereocenters. The van der Waals surface area contributed by atoms with E-state index in [1.165, 1.54) is 11.1 Å². The summed E-state index contributed by atoms with van der Waals surface area (Å²) in [7, 11) is 0. The second kappa shape index (κ2) is 12.5. The molecule has 0 saturated carbocycles. The van der Waals surface area contributed by atoms with E-state index < -0.39 is 0 Å². The highest BCUT2D eigenvalue weighted by Crippen LogP contribution is 2.35. The van der Waals surface area contributed by atoms with Crippen LogP contribution in [0.25, 0.3) is 0 Å². The van der Waals surface area contributed by atoms with Gasteiger partial charge in [-0.15, -0.1) is 6.58 Å². The van der Waals surface area contributed by atoms with Crippen LogP contribution in [0.15, 0.2) is 113 Å². The summed E-state index contributed by atoms with van der Waals surface area (Å²) < 4.78 is 0. The van der Waals surface area contributed by atoms with Crippen molar-refractivity contribution in [3.63, 3.8) is 0 Å². The van der Waals surface area contributed by atoms with Crippen LogP contribution in [0, 0.1) is 13.8 Å². The molecule has 1 aliphatic carbocycles. The van der Waals surface area contributed by atoms with Gasteiger partial charge in [0.1, 0.15) is 0 Å². The summed E-state index contributed by atoms with van der Waals surface area (Å²) in [6.45, 7) is 15.9. The van der Waals surface area contributed by atoms with Crippen LogP contribution in [0.4, 0.5) is 17.1 Å². The monoisotopic (exact) mass is 476 g/mol. The number of benzene rings is 2. The van der Waals surface area contributed by atoms with Crippen molar-refractivity contribution in [3.8, 4) is 0 Å². The number of nitrogens with one attached hydrogen (secondary N) is 1. The van der Waals surface area contributed by atoms with Gasteiger partial charge in [0, 0.05) is 29.7 Å². The van der Waals surface area contributed by atoms with Crippen LogP contribution in [0.1, 0.15) is 42.5 Å². The van der Waals surface area contributed by atoms with E-state index in [2.05, 4.69) is 62.7 Å². The molecule has 184 valence electrons. The first kappa shape index (κ1) is 26.4. The maximum atomic E-state index is 6.04. The van der Waals surface area contributed by atoms with E-state index in [9.17, 15) is 0 Å². The molecule has 0 aliphatic heterocycles. The quantitative estimate of drug-likeness (QED) is 0.218. The van der Waals surface area contributed by atoms with Crippen molar-refractivity contribution >= 4 is 29.0 Å². The SMILES string of the molecule is C=C/C=C(\C=C/C)Nc1cc(N=Cc2cc(C)cc(CC=C)c2)c(C)cc1N=C1C=C(C)C(N)=CC1. The van der Waals surface area contributed by atoms with Crippen LogP contribution in [0.3, 0.4) is 0 Å². The third kappa shape index (κ3) is 7.16. The van der Waals surface area contributed by atoms with Gasteiger partial charge in [-0.3, -0.25) is 9.98 Å². The average Bonchev–Trinajstić information content (AvgIpc) is 2.82. The summed E-state index contributed by atoms with van der Waals surface area (Å²) in [5.74, 6) is 0. The molecule has 1 aliphatic rings. The Morgan fingerprint density at radius 2 is 1.89 bits per heavy atom. The second-order valence-corrected chi connectivity index (χ2v) is 8.94.